The first kappa shape index (κ1) is 21.8. The topological polar surface area (TPSA) is 88.4 Å². The Bertz CT molecular complexity index is 1320. The van der Waals surface area contributed by atoms with Crippen molar-refractivity contribution in [1.29, 1.82) is 0 Å². The molecule has 3 aliphatic heterocycles. The fraction of sp³-hybridized carbons (Fsp3) is 0.385. The van der Waals surface area contributed by atoms with Gasteiger partial charge in [0.2, 0.25) is 5.91 Å². The number of aryl methyl sites for hydroxylation is 2. The Hall–Kier alpha value is -3.72. The molecule has 0 radical (unpaired) electrons. The summed E-state index contributed by atoms with van der Waals surface area (Å²) < 4.78 is 8.24. The van der Waals surface area contributed by atoms with Crippen molar-refractivity contribution in [1.82, 2.24) is 29.5 Å². The molecule has 1 atom stereocenters. The van der Waals surface area contributed by atoms with Crippen LogP contribution in [0.3, 0.4) is 0 Å². The molecule has 0 unspecified atom stereocenters. The minimum Gasteiger partial charge on any atom is -0.483 e. The van der Waals surface area contributed by atoms with Gasteiger partial charge in [-0.25, -0.2) is 9.97 Å². The maximum Gasteiger partial charge on any atom is 0.246 e. The molecule has 2 fully saturated rings. The molecule has 3 aromatic rings. The van der Waals surface area contributed by atoms with Crippen LogP contribution in [0.2, 0.25) is 0 Å². The highest BCUT2D eigenvalue weighted by Crippen LogP contribution is 2.44. The van der Waals surface area contributed by atoms with Crippen molar-refractivity contribution < 1.29 is 9.53 Å². The summed E-state index contributed by atoms with van der Waals surface area (Å²) in [7, 11) is 1.89. The lowest BCUT2D eigenvalue weighted by Gasteiger charge is -2.52. The van der Waals surface area contributed by atoms with Gasteiger partial charge in [0.25, 0.3) is 0 Å². The van der Waals surface area contributed by atoms with Crippen molar-refractivity contribution in [2.75, 3.05) is 31.5 Å². The fourth-order valence-corrected chi connectivity index (χ4v) is 5.32. The molecule has 2 aromatic heterocycles. The number of carbonyl (C=O) groups is 1. The molecule has 1 amide bonds. The van der Waals surface area contributed by atoms with Gasteiger partial charge in [0, 0.05) is 56.9 Å². The van der Waals surface area contributed by atoms with Crippen LogP contribution in [-0.2, 0) is 11.8 Å². The van der Waals surface area contributed by atoms with E-state index in [9.17, 15) is 4.79 Å². The van der Waals surface area contributed by atoms with Gasteiger partial charge in [0.1, 0.15) is 24.0 Å². The molecule has 9 nitrogen and oxygen atoms in total. The summed E-state index contributed by atoms with van der Waals surface area (Å²) in [6, 6.07) is 4.90. The van der Waals surface area contributed by atoms with Crippen LogP contribution in [0.15, 0.2) is 43.5 Å². The van der Waals surface area contributed by atoms with Crippen molar-refractivity contribution in [3.05, 3.63) is 60.2 Å². The molecule has 3 aliphatic rings. The standard InChI is InChI=1S/C26H29N7O2/c1-5-22(34)33-12-20(13-33)32-10-19(11-32)17-6-15(2)25-21(7-17)30-26-23(16(3)35-25)24(27-14-28-26)18-8-29-31(4)9-18/h5-9,14,16,19-20H,1,10-13H2,2-4H3,(H,27,28,30)/t16-/m1/s1. The second kappa shape index (κ2) is 8.20. The normalized spacial score (nSPS) is 20.0. The highest BCUT2D eigenvalue weighted by Gasteiger charge is 2.40. The highest BCUT2D eigenvalue weighted by atomic mass is 16.5. The van der Waals surface area contributed by atoms with Crippen LogP contribution < -0.4 is 10.1 Å². The Morgan fingerprint density at radius 1 is 1.23 bits per heavy atom. The minimum absolute atomic E-state index is 0.0239. The third-order valence-electron chi connectivity index (χ3n) is 7.36. The average Bonchev–Trinajstić information content (AvgIpc) is 3.15. The number of ether oxygens (including phenoxy) is 1. The fourth-order valence-electron chi connectivity index (χ4n) is 5.32. The summed E-state index contributed by atoms with van der Waals surface area (Å²) in [5, 5.41) is 7.85. The molecule has 9 heteroatoms. The number of aromatic nitrogens is 4. The van der Waals surface area contributed by atoms with Gasteiger partial charge in [-0.05, 0) is 37.1 Å². The molecule has 0 bridgehead atoms. The first-order valence-corrected chi connectivity index (χ1v) is 12.0. The molecule has 35 heavy (non-hydrogen) atoms. The average molecular weight is 472 g/mol. The molecule has 180 valence electrons. The van der Waals surface area contributed by atoms with Crippen LogP contribution in [0.4, 0.5) is 11.5 Å². The Morgan fingerprint density at radius 2 is 2.03 bits per heavy atom. The van der Waals surface area contributed by atoms with Gasteiger partial charge in [0.05, 0.1) is 23.1 Å². The maximum atomic E-state index is 11.7. The van der Waals surface area contributed by atoms with Crippen molar-refractivity contribution in [2.45, 2.75) is 31.9 Å². The first-order valence-electron chi connectivity index (χ1n) is 12.0. The molecule has 1 N–H and O–H groups in total. The van der Waals surface area contributed by atoms with Crippen molar-refractivity contribution in [3.8, 4) is 17.0 Å². The van der Waals surface area contributed by atoms with Crippen LogP contribution in [0.5, 0.6) is 5.75 Å². The van der Waals surface area contributed by atoms with E-state index in [1.807, 2.05) is 31.3 Å². The largest absolute Gasteiger partial charge is 0.483 e. The first-order chi connectivity index (χ1) is 16.9. The predicted octanol–water partition coefficient (Wildman–Crippen LogP) is 3.18. The lowest BCUT2D eigenvalue weighted by atomic mass is 9.87. The van der Waals surface area contributed by atoms with Crippen LogP contribution in [0, 0.1) is 6.92 Å². The Labute approximate surface area is 204 Å². The summed E-state index contributed by atoms with van der Waals surface area (Å²) in [4.78, 5) is 25.2. The molecule has 6 rings (SSSR count). The minimum atomic E-state index is -0.223. The Kier molecular flexibility index (Phi) is 5.10. The van der Waals surface area contributed by atoms with Crippen molar-refractivity contribution in [2.24, 2.45) is 7.05 Å². The van der Waals surface area contributed by atoms with Gasteiger partial charge in [-0.2, -0.15) is 5.10 Å². The quantitative estimate of drug-likeness (QED) is 0.585. The molecular formula is C26H29N7O2. The monoisotopic (exact) mass is 471 g/mol. The SMILES string of the molecule is C=CC(=O)N1CC(N2CC(c3cc(C)c4c(c3)Nc3ncnc(-c5cnn(C)c5)c3[C@@H](C)O4)C2)C1. The van der Waals surface area contributed by atoms with E-state index in [1.165, 1.54) is 11.6 Å². The number of benzene rings is 1. The van der Waals surface area contributed by atoms with Crippen molar-refractivity contribution >= 4 is 17.4 Å². The Morgan fingerprint density at radius 3 is 2.74 bits per heavy atom. The van der Waals surface area contributed by atoms with E-state index < -0.39 is 0 Å². The van der Waals surface area contributed by atoms with Crippen LogP contribution in [0.1, 0.15) is 35.6 Å². The van der Waals surface area contributed by atoms with E-state index in [4.69, 9.17) is 4.74 Å². The van der Waals surface area contributed by atoms with Crippen LogP contribution in [-0.4, -0.2) is 67.7 Å². The number of rotatable bonds is 4. The Balaban J connectivity index is 1.23. The number of likely N-dealkylation sites (tertiary alicyclic amines) is 2. The van der Waals surface area contributed by atoms with E-state index in [0.717, 1.165) is 65.8 Å². The molecule has 0 saturated carbocycles. The summed E-state index contributed by atoms with van der Waals surface area (Å²) in [6.07, 6.45) is 6.53. The van der Waals surface area contributed by atoms with Gasteiger partial charge < -0.3 is 15.0 Å². The maximum absolute atomic E-state index is 11.7. The number of anilines is 2. The van der Waals surface area contributed by atoms with E-state index in [0.29, 0.717) is 12.0 Å². The third-order valence-corrected chi connectivity index (χ3v) is 7.36. The zero-order chi connectivity index (χ0) is 24.3. The van der Waals surface area contributed by atoms with Gasteiger partial charge >= 0.3 is 0 Å². The number of nitrogens with one attached hydrogen (secondary N) is 1. The van der Waals surface area contributed by atoms with E-state index in [1.54, 1.807) is 11.0 Å². The summed E-state index contributed by atoms with van der Waals surface area (Å²) in [5.41, 5.74) is 6.02. The molecule has 0 spiro atoms. The lowest BCUT2D eigenvalue weighted by Crippen LogP contribution is -2.65. The number of carbonyl (C=O) groups excluding carboxylic acids is 1. The molecule has 1 aromatic carbocycles. The lowest BCUT2D eigenvalue weighted by molar-refractivity contribution is -0.134. The predicted molar refractivity (Wildman–Crippen MR) is 133 cm³/mol. The highest BCUT2D eigenvalue weighted by molar-refractivity contribution is 5.87. The number of hydrogen-bond donors (Lipinski definition) is 1. The second-order valence-corrected chi connectivity index (χ2v) is 9.74. The van der Waals surface area contributed by atoms with Gasteiger partial charge in [-0.15, -0.1) is 0 Å². The number of nitrogens with zero attached hydrogens (tertiary/aromatic N) is 6. The molecule has 5 heterocycles. The second-order valence-electron chi connectivity index (χ2n) is 9.74. The molecule has 2 saturated heterocycles. The van der Waals surface area contributed by atoms with Gasteiger partial charge in [-0.3, -0.25) is 14.4 Å². The van der Waals surface area contributed by atoms with Gasteiger partial charge in [0.15, 0.2) is 0 Å². The van der Waals surface area contributed by atoms with Crippen LogP contribution >= 0.6 is 0 Å². The smallest absolute Gasteiger partial charge is 0.246 e. The van der Waals surface area contributed by atoms with Crippen LogP contribution in [0.25, 0.3) is 11.3 Å². The molecular weight excluding hydrogens is 442 g/mol. The number of amides is 1. The van der Waals surface area contributed by atoms with E-state index in [2.05, 4.69) is 50.9 Å². The number of fused-ring (bicyclic) bond motifs is 2. The summed E-state index contributed by atoms with van der Waals surface area (Å²) >= 11 is 0. The zero-order valence-corrected chi connectivity index (χ0v) is 20.2. The number of hydrogen-bond acceptors (Lipinski definition) is 7. The van der Waals surface area contributed by atoms with E-state index >= 15 is 0 Å². The summed E-state index contributed by atoms with van der Waals surface area (Å²) in [6.45, 7) is 11.3. The zero-order valence-electron chi connectivity index (χ0n) is 20.2. The third kappa shape index (κ3) is 3.67. The van der Waals surface area contributed by atoms with Gasteiger partial charge in [-0.1, -0.05) is 12.6 Å². The summed E-state index contributed by atoms with van der Waals surface area (Å²) in [5.74, 6) is 2.10. The van der Waals surface area contributed by atoms with E-state index in [-0.39, 0.29) is 12.0 Å². The van der Waals surface area contributed by atoms with Crippen molar-refractivity contribution in [3.63, 3.8) is 0 Å². The molecule has 0 aliphatic carbocycles.